The van der Waals surface area contributed by atoms with E-state index in [1.54, 1.807) is 50.4 Å². The summed E-state index contributed by atoms with van der Waals surface area (Å²) in [6.45, 7) is 6.60. The van der Waals surface area contributed by atoms with E-state index >= 15 is 0 Å². The number of aryl methyl sites for hydroxylation is 1. The van der Waals surface area contributed by atoms with Crippen LogP contribution in [0.15, 0.2) is 42.9 Å². The number of aliphatic hydroxyl groups excluding tert-OH is 2. The van der Waals surface area contributed by atoms with E-state index in [9.17, 15) is 19.6 Å². The second-order valence-corrected chi connectivity index (χ2v) is 11.2. The van der Waals surface area contributed by atoms with Gasteiger partial charge in [-0.25, -0.2) is 14.5 Å². The molecule has 6 atom stereocenters. The van der Waals surface area contributed by atoms with Crippen LogP contribution in [0.5, 0.6) is 5.75 Å². The van der Waals surface area contributed by atoms with Crippen molar-refractivity contribution < 1.29 is 33.4 Å². The Bertz CT molecular complexity index is 1270. The molecule has 1 aromatic carbocycles. The molecule has 1 saturated carbocycles. The number of hydrogen-bond donors (Lipinski definition) is 4. The van der Waals surface area contributed by atoms with Gasteiger partial charge in [-0.3, -0.25) is 9.32 Å². The fourth-order valence-electron chi connectivity index (χ4n) is 4.49. The molecule has 11 nitrogen and oxygen atoms in total. The highest BCUT2D eigenvalue weighted by Crippen LogP contribution is 2.48. The van der Waals surface area contributed by atoms with Crippen molar-refractivity contribution >= 4 is 24.7 Å². The lowest BCUT2D eigenvalue weighted by Crippen LogP contribution is -2.37. The second kappa shape index (κ2) is 11.3. The van der Waals surface area contributed by atoms with Crippen LogP contribution in [0, 0.1) is 12.8 Å². The van der Waals surface area contributed by atoms with Gasteiger partial charge in [0.2, 0.25) is 0 Å². The number of ether oxygens (including phenoxy) is 1. The van der Waals surface area contributed by atoms with E-state index in [2.05, 4.69) is 20.0 Å². The maximum Gasteiger partial charge on any atom is 0.459 e. The number of fused-ring (bicyclic) bond motifs is 1. The normalized spacial score (nSPS) is 24.2. The Balaban J connectivity index is 1.50. The average molecular weight is 533 g/mol. The van der Waals surface area contributed by atoms with Crippen LogP contribution in [0.4, 0.5) is 0 Å². The number of carbonyl (C=O) groups is 1. The number of benzene rings is 1. The Morgan fingerprint density at radius 1 is 1.19 bits per heavy atom. The summed E-state index contributed by atoms with van der Waals surface area (Å²) in [6.07, 6.45) is 1.02. The van der Waals surface area contributed by atoms with Gasteiger partial charge in [0, 0.05) is 23.6 Å². The molecule has 0 saturated heterocycles. The highest BCUT2D eigenvalue weighted by atomic mass is 31.2. The number of nitrogens with zero attached hydrogens (tertiary/aromatic N) is 2. The Kier molecular flexibility index (Phi) is 8.30. The number of para-hydroxylation sites is 1. The molecule has 4 N–H and O–H groups in total. The zero-order valence-corrected chi connectivity index (χ0v) is 22.1. The van der Waals surface area contributed by atoms with Crippen LogP contribution in [0.25, 0.3) is 11.0 Å². The van der Waals surface area contributed by atoms with Crippen molar-refractivity contribution in [1.82, 2.24) is 20.0 Å². The Morgan fingerprint density at radius 2 is 1.92 bits per heavy atom. The van der Waals surface area contributed by atoms with Crippen molar-refractivity contribution in [2.75, 3.05) is 6.61 Å². The number of aliphatic hydroxyl groups is 2. The lowest BCUT2D eigenvalue weighted by Gasteiger charge is -2.25. The molecule has 12 heteroatoms. The maximum atomic E-state index is 13.7. The molecule has 0 spiro atoms. The fourth-order valence-corrected chi connectivity index (χ4v) is 6.04. The van der Waals surface area contributed by atoms with E-state index in [1.807, 2.05) is 6.92 Å². The van der Waals surface area contributed by atoms with Crippen LogP contribution < -0.4 is 9.61 Å². The lowest BCUT2D eigenvalue weighted by molar-refractivity contribution is -0.149. The summed E-state index contributed by atoms with van der Waals surface area (Å²) in [7, 11) is -4.09. The first kappa shape index (κ1) is 27.2. The SMILES string of the molecule is Cc1ncnc2c([C@@H]3C[C@H](COP(=O)(NC(C)C(=O)OC(C)C)Oc4ccccc4)[C@@H](O)[C@H]3O)c[nH]c12. The number of aromatic nitrogens is 3. The zero-order valence-electron chi connectivity index (χ0n) is 21.2. The predicted molar refractivity (Wildman–Crippen MR) is 136 cm³/mol. The number of hydrogen-bond acceptors (Lipinski definition) is 9. The van der Waals surface area contributed by atoms with Gasteiger partial charge in [-0.15, -0.1) is 0 Å². The Hall–Kier alpha value is -2.82. The molecule has 37 heavy (non-hydrogen) atoms. The van der Waals surface area contributed by atoms with Crippen molar-refractivity contribution in [3.63, 3.8) is 0 Å². The third-order valence-electron chi connectivity index (χ3n) is 6.37. The van der Waals surface area contributed by atoms with Crippen LogP contribution in [-0.4, -0.2) is 62.1 Å². The molecule has 0 bridgehead atoms. The fraction of sp³-hybridized carbons (Fsp3) is 0.480. The molecule has 3 aromatic rings. The summed E-state index contributed by atoms with van der Waals surface area (Å²) >= 11 is 0. The summed E-state index contributed by atoms with van der Waals surface area (Å²) < 4.78 is 30.3. The molecule has 1 fully saturated rings. The quantitative estimate of drug-likeness (QED) is 0.226. The van der Waals surface area contributed by atoms with Crippen molar-refractivity contribution in [2.24, 2.45) is 5.92 Å². The van der Waals surface area contributed by atoms with Gasteiger partial charge in [-0.05, 0) is 46.2 Å². The minimum atomic E-state index is -4.09. The van der Waals surface area contributed by atoms with Gasteiger partial charge >= 0.3 is 13.7 Å². The Labute approximate surface area is 215 Å². The monoisotopic (exact) mass is 532 g/mol. The average Bonchev–Trinajstić information content (AvgIpc) is 3.40. The topological polar surface area (TPSA) is 156 Å². The molecule has 200 valence electrons. The first-order valence-corrected chi connectivity index (χ1v) is 13.7. The van der Waals surface area contributed by atoms with Gasteiger partial charge in [0.25, 0.3) is 0 Å². The number of carbonyl (C=O) groups excluding carboxylic acids is 1. The van der Waals surface area contributed by atoms with Gasteiger partial charge in [-0.1, -0.05) is 18.2 Å². The van der Waals surface area contributed by atoms with E-state index < -0.39 is 43.8 Å². The number of esters is 1. The van der Waals surface area contributed by atoms with Gasteiger partial charge < -0.3 is 24.5 Å². The van der Waals surface area contributed by atoms with Gasteiger partial charge in [-0.2, -0.15) is 5.09 Å². The van der Waals surface area contributed by atoms with Crippen LogP contribution in [0.1, 0.15) is 44.4 Å². The molecule has 4 rings (SSSR count). The summed E-state index contributed by atoms with van der Waals surface area (Å²) in [5.74, 6) is -1.31. The maximum absolute atomic E-state index is 13.7. The van der Waals surface area contributed by atoms with Gasteiger partial charge in [0.05, 0.1) is 41.6 Å². The van der Waals surface area contributed by atoms with Crippen LogP contribution in [0.2, 0.25) is 0 Å². The third kappa shape index (κ3) is 6.19. The first-order valence-electron chi connectivity index (χ1n) is 12.2. The van der Waals surface area contributed by atoms with Crippen molar-refractivity contribution in [1.29, 1.82) is 0 Å². The predicted octanol–water partition coefficient (Wildman–Crippen LogP) is 3.23. The van der Waals surface area contributed by atoms with Crippen molar-refractivity contribution in [3.05, 3.63) is 54.1 Å². The zero-order chi connectivity index (χ0) is 26.7. The third-order valence-corrected chi connectivity index (χ3v) is 8.01. The molecule has 0 amide bonds. The molecule has 0 radical (unpaired) electrons. The van der Waals surface area contributed by atoms with Crippen LogP contribution >= 0.6 is 7.75 Å². The second-order valence-electron chi connectivity index (χ2n) is 9.54. The van der Waals surface area contributed by atoms with Gasteiger partial charge in [0.1, 0.15) is 18.1 Å². The first-order chi connectivity index (χ1) is 17.6. The van der Waals surface area contributed by atoms with E-state index in [1.165, 1.54) is 13.3 Å². The minimum Gasteiger partial charge on any atom is -0.462 e. The highest BCUT2D eigenvalue weighted by molar-refractivity contribution is 7.52. The molecule has 0 aliphatic heterocycles. The number of aromatic amines is 1. The van der Waals surface area contributed by atoms with E-state index in [4.69, 9.17) is 13.8 Å². The molecule has 1 aliphatic rings. The van der Waals surface area contributed by atoms with E-state index in [-0.39, 0.29) is 18.5 Å². The van der Waals surface area contributed by atoms with E-state index in [0.717, 1.165) is 16.8 Å². The van der Waals surface area contributed by atoms with Crippen molar-refractivity contribution in [2.45, 2.75) is 64.4 Å². The number of rotatable bonds is 10. The smallest absolute Gasteiger partial charge is 0.459 e. The molecule has 2 aromatic heterocycles. The largest absolute Gasteiger partial charge is 0.462 e. The molecular weight excluding hydrogens is 499 g/mol. The minimum absolute atomic E-state index is 0.186. The van der Waals surface area contributed by atoms with Crippen LogP contribution in [0.3, 0.4) is 0 Å². The standard InChI is InChI=1S/C25H33N4O7P/c1-14(2)35-25(32)16(4)29-37(33,36-18-8-6-5-7-9-18)34-12-17-10-19(24(31)23(17)30)20-11-26-21-15(3)27-13-28-22(20)21/h5-9,11,13-14,16-17,19,23-24,26,30-31H,10,12H2,1-4H3,(H,29,33)/t16?,17-,19+,23-,24+,37?/m1/s1. The summed E-state index contributed by atoms with van der Waals surface area (Å²) in [6, 6.07) is 7.44. The van der Waals surface area contributed by atoms with Gasteiger partial charge in [0.15, 0.2) is 0 Å². The van der Waals surface area contributed by atoms with Crippen molar-refractivity contribution in [3.8, 4) is 5.75 Å². The molecule has 1 aliphatic carbocycles. The lowest BCUT2D eigenvalue weighted by atomic mass is 9.96. The van der Waals surface area contributed by atoms with Crippen LogP contribution in [-0.2, 0) is 18.6 Å². The Morgan fingerprint density at radius 3 is 2.62 bits per heavy atom. The summed E-state index contributed by atoms with van der Waals surface area (Å²) in [5, 5.41) is 24.3. The molecule has 2 unspecified atom stereocenters. The number of nitrogens with one attached hydrogen (secondary N) is 2. The highest BCUT2D eigenvalue weighted by Gasteiger charge is 2.45. The molecular formula is C25H33N4O7P. The number of H-pyrrole nitrogens is 1. The summed E-state index contributed by atoms with van der Waals surface area (Å²) in [4.78, 5) is 24.0. The molecule has 2 heterocycles. The van der Waals surface area contributed by atoms with E-state index in [0.29, 0.717) is 11.9 Å². The summed E-state index contributed by atoms with van der Waals surface area (Å²) in [5.41, 5.74) is 2.99.